The molecular formula is C21H27N5OS. The Morgan fingerprint density at radius 1 is 1.29 bits per heavy atom. The van der Waals surface area contributed by atoms with Crippen LogP contribution in [0.5, 0.6) is 0 Å². The predicted octanol–water partition coefficient (Wildman–Crippen LogP) is 3.91. The molecule has 6 nitrogen and oxygen atoms in total. The second-order valence-corrected chi connectivity index (χ2v) is 8.89. The fraction of sp³-hybridized carbons (Fsp3) is 0.476. The number of amides is 1. The monoisotopic (exact) mass is 397 g/mol. The molecule has 0 aromatic carbocycles. The number of thiophene rings is 1. The average Bonchev–Trinajstić information content (AvgIpc) is 3.36. The lowest BCUT2D eigenvalue weighted by Crippen LogP contribution is -2.44. The van der Waals surface area contributed by atoms with Crippen LogP contribution in [0.4, 0.5) is 0 Å². The molecule has 1 aliphatic heterocycles. The number of carbonyl (C=O) groups excluding carboxylic acids is 1. The first kappa shape index (κ1) is 19.1. The van der Waals surface area contributed by atoms with Crippen molar-refractivity contribution < 1.29 is 4.79 Å². The molecule has 0 bridgehead atoms. The van der Waals surface area contributed by atoms with Crippen molar-refractivity contribution >= 4 is 28.3 Å². The lowest BCUT2D eigenvalue weighted by Gasteiger charge is -2.35. The molecule has 0 spiro atoms. The van der Waals surface area contributed by atoms with Crippen molar-refractivity contribution in [2.45, 2.75) is 38.8 Å². The third kappa shape index (κ3) is 3.44. The van der Waals surface area contributed by atoms with Crippen molar-refractivity contribution in [1.82, 2.24) is 24.6 Å². The van der Waals surface area contributed by atoms with Crippen molar-refractivity contribution in [2.75, 3.05) is 27.2 Å². The first-order valence-corrected chi connectivity index (χ1v) is 10.7. The van der Waals surface area contributed by atoms with Gasteiger partial charge < -0.3 is 9.80 Å². The maximum atomic E-state index is 13.4. The summed E-state index contributed by atoms with van der Waals surface area (Å²) in [6.07, 6.45) is 3.81. The van der Waals surface area contributed by atoms with E-state index in [1.807, 2.05) is 33.2 Å². The Kier molecular flexibility index (Phi) is 5.21. The number of fused-ring (bicyclic) bond motifs is 1. The number of piperidine rings is 1. The summed E-state index contributed by atoms with van der Waals surface area (Å²) in [5, 5.41) is 7.40. The molecule has 0 N–H and O–H groups in total. The number of rotatable bonds is 4. The van der Waals surface area contributed by atoms with E-state index >= 15 is 0 Å². The van der Waals surface area contributed by atoms with Crippen molar-refractivity contribution in [3.63, 3.8) is 0 Å². The van der Waals surface area contributed by atoms with Crippen LogP contribution in [-0.4, -0.2) is 63.7 Å². The molecular weight excluding hydrogens is 370 g/mol. The zero-order chi connectivity index (χ0) is 19.8. The Bertz CT molecular complexity index is 968. The van der Waals surface area contributed by atoms with Gasteiger partial charge in [-0.3, -0.25) is 4.79 Å². The van der Waals surface area contributed by atoms with Gasteiger partial charge in [0, 0.05) is 25.2 Å². The van der Waals surface area contributed by atoms with Crippen molar-refractivity contribution in [3.8, 4) is 10.6 Å². The highest BCUT2D eigenvalue weighted by Gasteiger charge is 2.27. The predicted molar refractivity (Wildman–Crippen MR) is 114 cm³/mol. The second-order valence-electron chi connectivity index (χ2n) is 7.94. The molecule has 148 valence electrons. The Morgan fingerprint density at radius 3 is 2.64 bits per heavy atom. The quantitative estimate of drug-likeness (QED) is 0.670. The number of aromatic nitrogens is 3. The molecule has 0 radical (unpaired) electrons. The molecule has 1 amide bonds. The van der Waals surface area contributed by atoms with E-state index in [1.54, 1.807) is 17.5 Å². The lowest BCUT2D eigenvalue weighted by molar-refractivity contribution is 0.0665. The van der Waals surface area contributed by atoms with E-state index in [-0.39, 0.29) is 11.9 Å². The number of pyridine rings is 1. The molecule has 7 heteroatoms. The van der Waals surface area contributed by atoms with Crippen LogP contribution in [0.15, 0.2) is 29.8 Å². The maximum absolute atomic E-state index is 13.4. The molecule has 1 saturated heterocycles. The zero-order valence-corrected chi connectivity index (χ0v) is 17.7. The fourth-order valence-corrected chi connectivity index (χ4v) is 4.57. The molecule has 3 aromatic heterocycles. The molecule has 0 unspecified atom stereocenters. The summed E-state index contributed by atoms with van der Waals surface area (Å²) in [5.41, 5.74) is 2.34. The van der Waals surface area contributed by atoms with E-state index in [1.165, 1.54) is 0 Å². The SMILES string of the molecule is CC(C)n1ncc2c(C(=O)N3CCC(N(C)C)CC3)cc(-c3cccs3)nc21. The minimum Gasteiger partial charge on any atom is -0.339 e. The van der Waals surface area contributed by atoms with Crippen LogP contribution in [0, 0.1) is 0 Å². The van der Waals surface area contributed by atoms with Gasteiger partial charge in [-0.05, 0) is 58.3 Å². The molecule has 1 fully saturated rings. The van der Waals surface area contributed by atoms with E-state index in [9.17, 15) is 4.79 Å². The van der Waals surface area contributed by atoms with Gasteiger partial charge in [-0.1, -0.05) is 6.07 Å². The van der Waals surface area contributed by atoms with Gasteiger partial charge in [-0.2, -0.15) is 5.10 Å². The van der Waals surface area contributed by atoms with Crippen LogP contribution in [-0.2, 0) is 0 Å². The Morgan fingerprint density at radius 2 is 2.04 bits per heavy atom. The van der Waals surface area contributed by atoms with Crippen molar-refractivity contribution in [2.24, 2.45) is 0 Å². The molecule has 3 aromatic rings. The zero-order valence-electron chi connectivity index (χ0n) is 16.9. The number of hydrogen-bond donors (Lipinski definition) is 0. The van der Waals surface area contributed by atoms with Gasteiger partial charge in [0.1, 0.15) is 0 Å². The highest BCUT2D eigenvalue weighted by atomic mass is 32.1. The fourth-order valence-electron chi connectivity index (χ4n) is 3.88. The van der Waals surface area contributed by atoms with Crippen LogP contribution in [0.25, 0.3) is 21.6 Å². The second kappa shape index (κ2) is 7.64. The van der Waals surface area contributed by atoms with E-state index in [4.69, 9.17) is 4.98 Å². The molecule has 1 aliphatic rings. The van der Waals surface area contributed by atoms with E-state index in [0.29, 0.717) is 11.6 Å². The normalized spacial score (nSPS) is 15.9. The van der Waals surface area contributed by atoms with Crippen LogP contribution in [0.3, 0.4) is 0 Å². The van der Waals surface area contributed by atoms with Gasteiger partial charge in [-0.25, -0.2) is 9.67 Å². The average molecular weight is 398 g/mol. The molecule has 4 rings (SSSR count). The largest absolute Gasteiger partial charge is 0.339 e. The van der Waals surface area contributed by atoms with Gasteiger partial charge in [0.05, 0.1) is 27.7 Å². The summed E-state index contributed by atoms with van der Waals surface area (Å²) in [7, 11) is 4.23. The Labute approximate surface area is 169 Å². The smallest absolute Gasteiger partial charge is 0.254 e. The van der Waals surface area contributed by atoms with Crippen molar-refractivity contribution in [1.29, 1.82) is 0 Å². The first-order chi connectivity index (χ1) is 13.5. The third-order valence-electron chi connectivity index (χ3n) is 5.54. The Hall–Kier alpha value is -2.25. The van der Waals surface area contributed by atoms with Gasteiger partial charge >= 0.3 is 0 Å². The molecule has 4 heterocycles. The number of nitrogens with zero attached hydrogens (tertiary/aromatic N) is 5. The van der Waals surface area contributed by atoms with E-state index < -0.39 is 0 Å². The highest BCUT2D eigenvalue weighted by molar-refractivity contribution is 7.13. The van der Waals surface area contributed by atoms with Crippen LogP contribution >= 0.6 is 11.3 Å². The minimum absolute atomic E-state index is 0.0886. The van der Waals surface area contributed by atoms with Crippen LogP contribution < -0.4 is 0 Å². The van der Waals surface area contributed by atoms with Gasteiger partial charge in [-0.15, -0.1) is 11.3 Å². The topological polar surface area (TPSA) is 54.3 Å². The van der Waals surface area contributed by atoms with Gasteiger partial charge in [0.2, 0.25) is 0 Å². The van der Waals surface area contributed by atoms with Gasteiger partial charge in [0.25, 0.3) is 5.91 Å². The summed E-state index contributed by atoms with van der Waals surface area (Å²) in [6.45, 7) is 5.75. The maximum Gasteiger partial charge on any atom is 0.254 e. The minimum atomic E-state index is 0.0886. The molecule has 0 aliphatic carbocycles. The Balaban J connectivity index is 1.74. The number of likely N-dealkylation sites (tertiary alicyclic amines) is 1. The standard InChI is InChI=1S/C21H27N5OS/c1-14(2)26-20-17(13-22-26)16(12-18(23-20)19-6-5-11-28-19)21(27)25-9-7-15(8-10-25)24(3)4/h5-6,11-15H,7-10H2,1-4H3. The van der Waals surface area contributed by atoms with Crippen LogP contribution in [0.1, 0.15) is 43.1 Å². The van der Waals surface area contributed by atoms with Crippen LogP contribution in [0.2, 0.25) is 0 Å². The highest BCUT2D eigenvalue weighted by Crippen LogP contribution is 2.30. The summed E-state index contributed by atoms with van der Waals surface area (Å²) >= 11 is 1.64. The summed E-state index contributed by atoms with van der Waals surface area (Å²) in [4.78, 5) is 23.6. The number of carbonyl (C=O) groups is 1. The summed E-state index contributed by atoms with van der Waals surface area (Å²) in [6, 6.07) is 6.74. The number of hydrogen-bond acceptors (Lipinski definition) is 5. The van der Waals surface area contributed by atoms with E-state index in [0.717, 1.165) is 47.5 Å². The van der Waals surface area contributed by atoms with Crippen molar-refractivity contribution in [3.05, 3.63) is 35.3 Å². The van der Waals surface area contributed by atoms with E-state index in [2.05, 4.69) is 37.9 Å². The lowest BCUT2D eigenvalue weighted by atomic mass is 10.0. The molecule has 0 atom stereocenters. The van der Waals surface area contributed by atoms with Gasteiger partial charge in [0.15, 0.2) is 5.65 Å². The third-order valence-corrected chi connectivity index (χ3v) is 6.43. The molecule has 0 saturated carbocycles. The summed E-state index contributed by atoms with van der Waals surface area (Å²) in [5.74, 6) is 0.0886. The first-order valence-electron chi connectivity index (χ1n) is 9.83. The summed E-state index contributed by atoms with van der Waals surface area (Å²) < 4.78 is 1.90. The molecule has 28 heavy (non-hydrogen) atoms.